The van der Waals surface area contributed by atoms with Gasteiger partial charge >= 0.3 is 6.43 Å². The summed E-state index contributed by atoms with van der Waals surface area (Å²) >= 11 is 0. The van der Waals surface area contributed by atoms with E-state index in [0.29, 0.717) is 24.2 Å². The fourth-order valence-corrected chi connectivity index (χ4v) is 5.60. The van der Waals surface area contributed by atoms with Crippen LogP contribution in [-0.2, 0) is 16.4 Å². The van der Waals surface area contributed by atoms with Crippen molar-refractivity contribution in [2.45, 2.75) is 50.7 Å². The first-order chi connectivity index (χ1) is 16.2. The maximum Gasteiger partial charge on any atom is 0.314 e. The molecule has 1 atom stereocenters. The van der Waals surface area contributed by atoms with Crippen LogP contribution in [0.25, 0.3) is 11.5 Å². The number of rotatable bonds is 10. The van der Waals surface area contributed by atoms with Crippen molar-refractivity contribution >= 4 is 10.0 Å². The molecule has 4 rings (SSSR count). The molecule has 2 aromatic heterocycles. The number of aryl methyl sites for hydroxylation is 1. The van der Waals surface area contributed by atoms with Crippen molar-refractivity contribution in [3.05, 3.63) is 59.3 Å². The molecule has 182 valence electrons. The van der Waals surface area contributed by atoms with Crippen molar-refractivity contribution in [1.29, 1.82) is 0 Å². The van der Waals surface area contributed by atoms with Crippen LogP contribution in [0.2, 0.25) is 0 Å². The van der Waals surface area contributed by atoms with Gasteiger partial charge in [0, 0.05) is 37.8 Å². The summed E-state index contributed by atoms with van der Waals surface area (Å²) in [5.41, 5.74) is 1.38. The molecule has 12 heteroatoms. The molecule has 0 saturated heterocycles. The third-order valence-electron chi connectivity index (χ3n) is 5.69. The normalized spacial score (nSPS) is 15.3. The predicted octanol–water partition coefficient (Wildman–Crippen LogP) is 4.05. The molecule has 0 bridgehead atoms. The van der Waals surface area contributed by atoms with Gasteiger partial charge in [0.05, 0.1) is 10.8 Å². The zero-order chi connectivity index (χ0) is 24.5. The molecule has 1 saturated carbocycles. The molecule has 1 aromatic carbocycles. The average Bonchev–Trinajstić information content (AvgIpc) is 3.55. The number of sulfonamides is 1. The Bertz CT molecular complexity index is 1250. The third-order valence-corrected chi connectivity index (χ3v) is 8.13. The maximum atomic E-state index is 14.9. The summed E-state index contributed by atoms with van der Waals surface area (Å²) in [5, 5.41) is 6.47. The first-order valence-electron chi connectivity index (χ1n) is 10.9. The van der Waals surface area contributed by atoms with Crippen molar-refractivity contribution in [2.24, 2.45) is 0 Å². The highest BCUT2D eigenvalue weighted by Gasteiger charge is 2.40. The van der Waals surface area contributed by atoms with E-state index in [2.05, 4.69) is 20.2 Å². The quantitative estimate of drug-likeness (QED) is 0.418. The summed E-state index contributed by atoms with van der Waals surface area (Å²) in [4.78, 5) is 8.50. The molecular weight excluding hydrogens is 471 g/mol. The molecule has 0 spiro atoms. The summed E-state index contributed by atoms with van der Waals surface area (Å²) in [6.07, 6.45) is 1.26. The summed E-state index contributed by atoms with van der Waals surface area (Å²) < 4.78 is 72.3. The minimum atomic E-state index is -3.46. The fraction of sp³-hybridized carbons (Fsp3) is 0.455. The Morgan fingerprint density at radius 2 is 1.88 bits per heavy atom. The van der Waals surface area contributed by atoms with E-state index < -0.39 is 34.1 Å². The second-order valence-corrected chi connectivity index (χ2v) is 10.5. The van der Waals surface area contributed by atoms with Crippen LogP contribution in [-0.4, -0.2) is 51.2 Å². The van der Waals surface area contributed by atoms with Crippen molar-refractivity contribution in [3.8, 4) is 11.5 Å². The van der Waals surface area contributed by atoms with Gasteiger partial charge in [0.1, 0.15) is 11.6 Å². The number of likely N-dealkylation sites (N-methyl/N-ethyl adjacent to an activating group) is 1. The monoisotopic (exact) mass is 495 g/mol. The minimum absolute atomic E-state index is 0.0852. The Kier molecular flexibility index (Phi) is 6.99. The van der Waals surface area contributed by atoms with Gasteiger partial charge in [0.15, 0.2) is 0 Å². The van der Waals surface area contributed by atoms with Crippen LogP contribution < -0.4 is 0 Å². The lowest BCUT2D eigenvalue weighted by atomic mass is 9.93. The summed E-state index contributed by atoms with van der Waals surface area (Å²) in [7, 11) is -3.46. The van der Waals surface area contributed by atoms with Crippen molar-refractivity contribution in [2.75, 3.05) is 13.1 Å². The molecule has 2 heterocycles. The largest absolute Gasteiger partial charge is 0.415 e. The molecule has 0 aliphatic heterocycles. The molecule has 1 aliphatic carbocycles. The Labute approximate surface area is 195 Å². The van der Waals surface area contributed by atoms with Crippen LogP contribution in [0.1, 0.15) is 55.0 Å². The molecule has 0 N–H and O–H groups in total. The first kappa shape index (κ1) is 24.3. The van der Waals surface area contributed by atoms with E-state index in [4.69, 9.17) is 4.42 Å². The molecule has 0 radical (unpaired) electrons. The number of halogens is 3. The van der Waals surface area contributed by atoms with E-state index in [0.717, 1.165) is 5.56 Å². The van der Waals surface area contributed by atoms with E-state index in [1.807, 2.05) is 0 Å². The topological polar surface area (TPSA) is 102 Å². The molecule has 1 fully saturated rings. The Morgan fingerprint density at radius 3 is 2.44 bits per heavy atom. The second-order valence-electron chi connectivity index (χ2n) is 8.26. The van der Waals surface area contributed by atoms with Gasteiger partial charge < -0.3 is 4.42 Å². The van der Waals surface area contributed by atoms with Gasteiger partial charge in [0.25, 0.3) is 11.8 Å². The van der Waals surface area contributed by atoms with Gasteiger partial charge in [-0.25, -0.2) is 27.1 Å². The molecule has 3 aromatic rings. The van der Waals surface area contributed by atoms with Crippen LogP contribution >= 0.6 is 0 Å². The van der Waals surface area contributed by atoms with Crippen LogP contribution in [0.3, 0.4) is 0 Å². The molecule has 8 nitrogen and oxygen atoms in total. The Hall–Kier alpha value is -2.86. The van der Waals surface area contributed by atoms with Gasteiger partial charge in [-0.1, -0.05) is 19.1 Å². The summed E-state index contributed by atoms with van der Waals surface area (Å²) in [6.45, 7) is 3.89. The van der Waals surface area contributed by atoms with Gasteiger partial charge in [0.2, 0.25) is 10.0 Å². The highest BCUT2D eigenvalue weighted by atomic mass is 32.2. The molecule has 34 heavy (non-hydrogen) atoms. The lowest BCUT2D eigenvalue weighted by molar-refractivity contribution is 0.116. The number of benzene rings is 1. The van der Waals surface area contributed by atoms with E-state index in [1.54, 1.807) is 26.0 Å². The zero-order valence-corrected chi connectivity index (χ0v) is 19.5. The maximum absolute atomic E-state index is 14.9. The average molecular weight is 496 g/mol. The summed E-state index contributed by atoms with van der Waals surface area (Å²) in [5.74, 6) is -1.57. The van der Waals surface area contributed by atoms with Gasteiger partial charge in [-0.2, -0.15) is 8.78 Å². The fourth-order valence-electron chi connectivity index (χ4n) is 3.70. The molecule has 1 aliphatic rings. The predicted molar refractivity (Wildman–Crippen MR) is 117 cm³/mol. The lowest BCUT2D eigenvalue weighted by Crippen LogP contribution is -2.37. The highest BCUT2D eigenvalue weighted by molar-refractivity contribution is 7.90. The Balaban J connectivity index is 1.59. The standard InChI is InChI=1S/C22H24F3N5O3S/c1-3-30(34(31,32)16-5-6-16)12-14(17-7-4-13(2)8-18(17)23)9-19-26-10-15(11-27-19)21-28-29-22(33-21)20(24)25/h4,7-8,10-11,14,16,20H,3,5-6,9,12H2,1-2H3. The van der Waals surface area contributed by atoms with E-state index >= 15 is 0 Å². The summed E-state index contributed by atoms with van der Waals surface area (Å²) in [6, 6.07) is 4.84. The molecule has 0 amide bonds. The van der Waals surface area contributed by atoms with Crippen molar-refractivity contribution < 1.29 is 26.0 Å². The highest BCUT2D eigenvalue weighted by Crippen LogP contribution is 2.33. The van der Waals surface area contributed by atoms with E-state index in [9.17, 15) is 21.6 Å². The lowest BCUT2D eigenvalue weighted by Gasteiger charge is -2.26. The number of alkyl halides is 2. The number of nitrogens with zero attached hydrogens (tertiary/aromatic N) is 5. The smallest absolute Gasteiger partial charge is 0.314 e. The van der Waals surface area contributed by atoms with Gasteiger partial charge in [-0.15, -0.1) is 10.2 Å². The SMILES string of the molecule is CCN(CC(Cc1ncc(-c2nnc(C(F)F)o2)cn1)c1ccc(C)cc1F)S(=O)(=O)C1CC1. The van der Waals surface area contributed by atoms with E-state index in [-0.39, 0.29) is 36.2 Å². The number of hydrogen-bond acceptors (Lipinski definition) is 7. The Morgan fingerprint density at radius 1 is 1.18 bits per heavy atom. The van der Waals surface area contributed by atoms with Gasteiger partial charge in [-0.3, -0.25) is 0 Å². The van der Waals surface area contributed by atoms with Crippen LogP contribution in [0.4, 0.5) is 13.2 Å². The van der Waals surface area contributed by atoms with Crippen LogP contribution in [0.15, 0.2) is 35.0 Å². The number of aromatic nitrogens is 4. The van der Waals surface area contributed by atoms with E-state index in [1.165, 1.54) is 22.8 Å². The van der Waals surface area contributed by atoms with Crippen molar-refractivity contribution in [3.63, 3.8) is 0 Å². The zero-order valence-electron chi connectivity index (χ0n) is 18.7. The molecular formula is C22H24F3N5O3S. The van der Waals surface area contributed by atoms with Crippen molar-refractivity contribution in [1.82, 2.24) is 24.5 Å². The minimum Gasteiger partial charge on any atom is -0.415 e. The number of hydrogen-bond donors (Lipinski definition) is 0. The van der Waals surface area contributed by atoms with Gasteiger partial charge in [-0.05, 0) is 37.0 Å². The first-order valence-corrected chi connectivity index (χ1v) is 12.4. The third kappa shape index (κ3) is 5.27. The molecule has 1 unspecified atom stereocenters. The second kappa shape index (κ2) is 9.79. The van der Waals surface area contributed by atoms with Crippen LogP contribution in [0, 0.1) is 12.7 Å². The van der Waals surface area contributed by atoms with Crippen LogP contribution in [0.5, 0.6) is 0 Å².